The van der Waals surface area contributed by atoms with Gasteiger partial charge < -0.3 is 29.2 Å². The average molecular weight is 608 g/mol. The number of para-hydroxylation sites is 1. The summed E-state index contributed by atoms with van der Waals surface area (Å²) in [4.78, 5) is 49.0. The smallest absolute Gasteiger partial charge is 0.410 e. The SMILES string of the molecule is CC(C)Cc1cccc2c1nc(C(=O)N[C@H]1C[C@@H](C(=O)N3CCOCC3)CN(C(=O)OC(C)(C)C)C1)n2CCc1ccn[nH]1. The van der Waals surface area contributed by atoms with E-state index in [2.05, 4.69) is 35.4 Å². The van der Waals surface area contributed by atoms with Crippen molar-refractivity contribution in [3.8, 4) is 0 Å². The number of carbonyl (C=O) groups is 3. The fraction of sp³-hybridized carbons (Fsp3) is 0.594. The van der Waals surface area contributed by atoms with Crippen molar-refractivity contribution >= 4 is 28.9 Å². The lowest BCUT2D eigenvalue weighted by molar-refractivity contribution is -0.141. The number of ether oxygens (including phenoxy) is 2. The van der Waals surface area contributed by atoms with Gasteiger partial charge in [0.1, 0.15) is 5.60 Å². The molecule has 2 aromatic heterocycles. The molecule has 0 spiro atoms. The molecule has 0 saturated carbocycles. The Morgan fingerprint density at radius 1 is 1.11 bits per heavy atom. The monoisotopic (exact) mass is 607 g/mol. The number of aromatic amines is 1. The molecule has 44 heavy (non-hydrogen) atoms. The second-order valence-electron chi connectivity index (χ2n) is 13.2. The van der Waals surface area contributed by atoms with Crippen molar-refractivity contribution in [2.75, 3.05) is 39.4 Å². The van der Waals surface area contributed by atoms with Gasteiger partial charge in [0, 0.05) is 57.1 Å². The predicted molar refractivity (Wildman–Crippen MR) is 165 cm³/mol. The highest BCUT2D eigenvalue weighted by Gasteiger charge is 2.38. The number of piperidine rings is 1. The Hall–Kier alpha value is -3.93. The molecule has 3 amide bonds. The molecule has 0 bridgehead atoms. The number of imidazole rings is 1. The lowest BCUT2D eigenvalue weighted by Crippen LogP contribution is -2.57. The van der Waals surface area contributed by atoms with Gasteiger partial charge in [0.15, 0.2) is 5.82 Å². The van der Waals surface area contributed by atoms with Gasteiger partial charge in [-0.2, -0.15) is 5.10 Å². The van der Waals surface area contributed by atoms with Gasteiger partial charge in [-0.1, -0.05) is 26.0 Å². The van der Waals surface area contributed by atoms with E-state index in [1.165, 1.54) is 0 Å². The molecule has 1 aromatic carbocycles. The quantitative estimate of drug-likeness (QED) is 0.401. The van der Waals surface area contributed by atoms with Gasteiger partial charge in [0.05, 0.1) is 30.2 Å². The Morgan fingerprint density at radius 2 is 1.89 bits per heavy atom. The molecular formula is C32H45N7O5. The number of nitrogens with one attached hydrogen (secondary N) is 2. The van der Waals surface area contributed by atoms with Gasteiger partial charge >= 0.3 is 6.09 Å². The molecule has 4 heterocycles. The van der Waals surface area contributed by atoms with E-state index in [4.69, 9.17) is 14.5 Å². The maximum atomic E-state index is 14.0. The van der Waals surface area contributed by atoms with Gasteiger partial charge in [0.25, 0.3) is 5.91 Å². The Labute approximate surface area is 258 Å². The number of H-pyrrole nitrogens is 1. The molecule has 2 saturated heterocycles. The number of nitrogens with zero attached hydrogens (tertiary/aromatic N) is 5. The topological polar surface area (TPSA) is 135 Å². The van der Waals surface area contributed by atoms with Crippen LogP contribution < -0.4 is 5.32 Å². The fourth-order valence-corrected chi connectivity index (χ4v) is 6.02. The number of carbonyl (C=O) groups excluding carboxylic acids is 3. The third kappa shape index (κ3) is 7.58. The van der Waals surface area contributed by atoms with Crippen molar-refractivity contribution in [2.24, 2.45) is 11.8 Å². The molecule has 12 nitrogen and oxygen atoms in total. The largest absolute Gasteiger partial charge is 0.444 e. The molecule has 3 aromatic rings. The minimum atomic E-state index is -0.690. The van der Waals surface area contributed by atoms with Crippen molar-refractivity contribution in [3.05, 3.63) is 47.5 Å². The van der Waals surface area contributed by atoms with Crippen molar-refractivity contribution in [2.45, 2.75) is 72.1 Å². The first-order valence-corrected chi connectivity index (χ1v) is 15.6. The summed E-state index contributed by atoms with van der Waals surface area (Å²) in [6.45, 7) is 12.8. The number of hydrogen-bond acceptors (Lipinski definition) is 7. The van der Waals surface area contributed by atoms with Gasteiger partial charge in [-0.25, -0.2) is 9.78 Å². The molecule has 238 valence electrons. The van der Waals surface area contributed by atoms with E-state index in [1.807, 2.05) is 43.5 Å². The highest BCUT2D eigenvalue weighted by molar-refractivity contribution is 5.96. The minimum Gasteiger partial charge on any atom is -0.444 e. The van der Waals surface area contributed by atoms with Crippen LogP contribution in [0.25, 0.3) is 11.0 Å². The first-order valence-electron chi connectivity index (χ1n) is 15.6. The zero-order valence-electron chi connectivity index (χ0n) is 26.5. The van der Waals surface area contributed by atoms with E-state index in [1.54, 1.807) is 16.0 Å². The third-order valence-electron chi connectivity index (χ3n) is 7.97. The zero-order valence-corrected chi connectivity index (χ0v) is 26.5. The van der Waals surface area contributed by atoms with Crippen LogP contribution in [0.1, 0.15) is 62.9 Å². The Bertz CT molecular complexity index is 1450. The molecule has 0 unspecified atom stereocenters. The summed E-state index contributed by atoms with van der Waals surface area (Å²) < 4.78 is 13.1. The lowest BCUT2D eigenvalue weighted by Gasteiger charge is -2.40. The molecular weight excluding hydrogens is 562 g/mol. The van der Waals surface area contributed by atoms with Gasteiger partial charge in [-0.15, -0.1) is 0 Å². The second-order valence-corrected chi connectivity index (χ2v) is 13.2. The number of hydrogen-bond donors (Lipinski definition) is 2. The lowest BCUT2D eigenvalue weighted by atomic mass is 9.92. The van der Waals surface area contributed by atoms with E-state index in [9.17, 15) is 14.4 Å². The van der Waals surface area contributed by atoms with Gasteiger partial charge in [-0.05, 0) is 57.2 Å². The molecule has 0 radical (unpaired) electrons. The van der Waals surface area contributed by atoms with Crippen LogP contribution in [0, 0.1) is 11.8 Å². The summed E-state index contributed by atoms with van der Waals surface area (Å²) in [6, 6.07) is 7.53. The van der Waals surface area contributed by atoms with E-state index in [0.717, 1.165) is 28.7 Å². The second kappa shape index (κ2) is 13.4. The number of amides is 3. The summed E-state index contributed by atoms with van der Waals surface area (Å²) in [5, 5.41) is 10.2. The maximum Gasteiger partial charge on any atom is 0.410 e. The van der Waals surface area contributed by atoms with Crippen molar-refractivity contribution in [1.29, 1.82) is 0 Å². The first-order chi connectivity index (χ1) is 21.0. The zero-order chi connectivity index (χ0) is 31.4. The third-order valence-corrected chi connectivity index (χ3v) is 7.97. The number of rotatable bonds is 8. The molecule has 12 heteroatoms. The van der Waals surface area contributed by atoms with Crippen LogP contribution in [-0.2, 0) is 33.7 Å². The van der Waals surface area contributed by atoms with E-state index in [-0.39, 0.29) is 24.9 Å². The van der Waals surface area contributed by atoms with Crippen molar-refractivity contribution in [1.82, 2.24) is 34.9 Å². The number of likely N-dealkylation sites (tertiary alicyclic amines) is 1. The number of fused-ring (bicyclic) bond motifs is 1. The minimum absolute atomic E-state index is 0.0362. The van der Waals surface area contributed by atoms with Crippen LogP contribution in [0.15, 0.2) is 30.5 Å². The maximum absolute atomic E-state index is 14.0. The molecule has 0 aliphatic carbocycles. The van der Waals surface area contributed by atoms with E-state index >= 15 is 0 Å². The standard InChI is InChI=1S/C32H45N7O5/c1-21(2)17-22-7-6-8-26-27(22)35-28(39(26)12-10-24-9-11-33-36-24)29(40)34-25-18-23(30(41)37-13-15-43-16-14-37)19-38(20-25)31(42)44-32(3,4)5/h6-9,11,21,23,25H,10,12-20H2,1-5H3,(H,33,36)(H,34,40)/t23-,25+/m1/s1. The first kappa shape index (κ1) is 31.5. The van der Waals surface area contributed by atoms with E-state index in [0.29, 0.717) is 57.4 Å². The predicted octanol–water partition coefficient (Wildman–Crippen LogP) is 3.41. The molecule has 2 atom stereocenters. The molecule has 2 fully saturated rings. The van der Waals surface area contributed by atoms with E-state index < -0.39 is 23.7 Å². The normalized spacial score (nSPS) is 19.4. The summed E-state index contributed by atoms with van der Waals surface area (Å²) >= 11 is 0. The van der Waals surface area contributed by atoms with Gasteiger partial charge in [-0.3, -0.25) is 14.7 Å². The molecule has 5 rings (SSSR count). The molecule has 2 aliphatic heterocycles. The molecule has 2 N–H and O–H groups in total. The number of aromatic nitrogens is 4. The summed E-state index contributed by atoms with van der Waals surface area (Å²) in [7, 11) is 0. The van der Waals surface area contributed by atoms with Crippen molar-refractivity contribution in [3.63, 3.8) is 0 Å². The number of benzene rings is 1. The number of morpholine rings is 1. The fourth-order valence-electron chi connectivity index (χ4n) is 6.02. The van der Waals surface area contributed by atoms with Crippen LogP contribution >= 0.6 is 0 Å². The molecule has 2 aliphatic rings. The number of aryl methyl sites for hydroxylation is 2. The van der Waals surface area contributed by atoms with Gasteiger partial charge in [0.2, 0.25) is 5.91 Å². The van der Waals surface area contributed by atoms with Crippen LogP contribution in [0.4, 0.5) is 4.79 Å². The van der Waals surface area contributed by atoms with Crippen LogP contribution in [-0.4, -0.2) is 98.5 Å². The van der Waals surface area contributed by atoms with Crippen molar-refractivity contribution < 1.29 is 23.9 Å². The van der Waals surface area contributed by atoms with Crippen LogP contribution in [0.2, 0.25) is 0 Å². The Balaban J connectivity index is 1.42. The highest BCUT2D eigenvalue weighted by atomic mass is 16.6. The summed E-state index contributed by atoms with van der Waals surface area (Å²) in [5.41, 5.74) is 3.07. The Kier molecular flexibility index (Phi) is 9.57. The average Bonchev–Trinajstić information content (AvgIpc) is 3.63. The summed E-state index contributed by atoms with van der Waals surface area (Å²) in [5.74, 6) is -0.117. The summed E-state index contributed by atoms with van der Waals surface area (Å²) in [6.07, 6.45) is 3.11. The highest BCUT2D eigenvalue weighted by Crippen LogP contribution is 2.25. The van der Waals surface area contributed by atoms with Crippen LogP contribution in [0.3, 0.4) is 0 Å². The van der Waals surface area contributed by atoms with Crippen LogP contribution in [0.5, 0.6) is 0 Å². The Morgan fingerprint density at radius 3 is 2.57 bits per heavy atom.